The molecule has 2 heteroatoms. The van der Waals surface area contributed by atoms with E-state index < -0.39 is 0 Å². The molecule has 0 aromatic rings. The van der Waals surface area contributed by atoms with Crippen molar-refractivity contribution in [2.24, 2.45) is 0 Å². The van der Waals surface area contributed by atoms with Gasteiger partial charge in [0.15, 0.2) is 0 Å². The molecule has 0 spiro atoms. The Morgan fingerprint density at radius 1 is 1.45 bits per heavy atom. The third-order valence-corrected chi connectivity index (χ3v) is 1.53. The molecule has 0 saturated heterocycles. The van der Waals surface area contributed by atoms with Gasteiger partial charge in [-0.3, -0.25) is 4.90 Å². The second-order valence-electron chi connectivity index (χ2n) is 2.58. The summed E-state index contributed by atoms with van der Waals surface area (Å²) in [5.74, 6) is 2.66. The molecule has 0 aliphatic rings. The van der Waals surface area contributed by atoms with E-state index >= 15 is 0 Å². The minimum absolute atomic E-state index is 0.773. The zero-order valence-electron chi connectivity index (χ0n) is 7.56. The number of rotatable bonds is 6. The zero-order valence-corrected chi connectivity index (χ0v) is 7.56. The second-order valence-corrected chi connectivity index (χ2v) is 2.58. The Morgan fingerprint density at radius 3 is 2.64 bits per heavy atom. The molecule has 0 rings (SSSR count). The number of nitrogens with zero attached hydrogens (tertiary/aromatic N) is 1. The molecule has 0 bridgehead atoms. The molecule has 0 unspecified atom stereocenters. The molecule has 0 amide bonds. The van der Waals surface area contributed by atoms with Crippen LogP contribution >= 0.6 is 0 Å². The number of terminal acetylenes is 1. The summed E-state index contributed by atoms with van der Waals surface area (Å²) in [7, 11) is 1.96. The molecule has 0 saturated carbocycles. The highest BCUT2D eigenvalue weighted by atomic mass is 15.1. The Morgan fingerprint density at radius 2 is 2.18 bits per heavy atom. The summed E-state index contributed by atoms with van der Waals surface area (Å²) in [6.45, 7) is 6.11. The van der Waals surface area contributed by atoms with Gasteiger partial charge in [-0.25, -0.2) is 0 Å². The average Bonchev–Trinajstić information content (AvgIpc) is 2.01. The van der Waals surface area contributed by atoms with Gasteiger partial charge in [-0.2, -0.15) is 0 Å². The third-order valence-electron chi connectivity index (χ3n) is 1.53. The Kier molecular flexibility index (Phi) is 7.23. The fourth-order valence-electron chi connectivity index (χ4n) is 0.985. The summed E-state index contributed by atoms with van der Waals surface area (Å²) in [6.07, 6.45) is 6.39. The van der Waals surface area contributed by atoms with Crippen LogP contribution in [-0.2, 0) is 0 Å². The Hall–Kier alpha value is -0.520. The maximum absolute atomic E-state index is 5.22. The molecule has 11 heavy (non-hydrogen) atoms. The normalized spacial score (nSPS) is 10.0. The molecular formula is C9H18N2. The number of likely N-dealkylation sites (N-methyl/N-ethyl adjacent to an activating group) is 1. The smallest absolute Gasteiger partial charge is 0.0599 e. The van der Waals surface area contributed by atoms with Crippen molar-refractivity contribution >= 4 is 0 Å². The van der Waals surface area contributed by atoms with Gasteiger partial charge in [0, 0.05) is 13.1 Å². The largest absolute Gasteiger partial charge is 0.318 e. The molecule has 2 nitrogen and oxygen atoms in total. The Balaban J connectivity index is 3.44. The van der Waals surface area contributed by atoms with Crippen molar-refractivity contribution in [3.63, 3.8) is 0 Å². The zero-order chi connectivity index (χ0) is 8.53. The Labute approximate surface area is 70.0 Å². The van der Waals surface area contributed by atoms with Crippen molar-refractivity contribution in [3.8, 4) is 12.3 Å². The molecule has 0 aliphatic carbocycles. The standard InChI is InChI=1S/C9H18N2/c1-4-7-11(8-5-2)9-6-10-3/h1,10H,5-9H2,2-3H3. The van der Waals surface area contributed by atoms with Gasteiger partial charge in [-0.1, -0.05) is 12.8 Å². The van der Waals surface area contributed by atoms with Gasteiger partial charge in [0.2, 0.25) is 0 Å². The molecule has 0 aliphatic heterocycles. The Bertz CT molecular complexity index is 115. The molecule has 0 radical (unpaired) electrons. The van der Waals surface area contributed by atoms with E-state index in [1.54, 1.807) is 0 Å². The minimum Gasteiger partial charge on any atom is -0.318 e. The van der Waals surface area contributed by atoms with Crippen LogP contribution in [0, 0.1) is 12.3 Å². The summed E-state index contributed by atoms with van der Waals surface area (Å²) >= 11 is 0. The predicted octanol–water partition coefficient (Wildman–Crippen LogP) is 0.551. The summed E-state index contributed by atoms with van der Waals surface area (Å²) < 4.78 is 0. The van der Waals surface area contributed by atoms with Gasteiger partial charge >= 0.3 is 0 Å². The minimum atomic E-state index is 0.773. The lowest BCUT2D eigenvalue weighted by Gasteiger charge is -2.17. The van der Waals surface area contributed by atoms with Gasteiger partial charge in [0.25, 0.3) is 0 Å². The molecule has 0 atom stereocenters. The van der Waals surface area contributed by atoms with Crippen molar-refractivity contribution < 1.29 is 0 Å². The van der Waals surface area contributed by atoms with Crippen LogP contribution < -0.4 is 5.32 Å². The lowest BCUT2D eigenvalue weighted by Crippen LogP contribution is -2.31. The fourth-order valence-corrected chi connectivity index (χ4v) is 0.985. The maximum atomic E-state index is 5.22. The first kappa shape index (κ1) is 10.5. The van der Waals surface area contributed by atoms with Gasteiger partial charge < -0.3 is 5.32 Å². The first-order valence-electron chi connectivity index (χ1n) is 4.15. The van der Waals surface area contributed by atoms with Crippen molar-refractivity contribution in [2.75, 3.05) is 33.2 Å². The van der Waals surface area contributed by atoms with Gasteiger partial charge in [0.1, 0.15) is 0 Å². The fraction of sp³-hybridized carbons (Fsp3) is 0.778. The van der Waals surface area contributed by atoms with E-state index in [0.29, 0.717) is 0 Å². The van der Waals surface area contributed by atoms with Gasteiger partial charge in [-0.15, -0.1) is 6.42 Å². The summed E-state index contributed by atoms with van der Waals surface area (Å²) in [5, 5.41) is 3.10. The van der Waals surface area contributed by atoms with Crippen LogP contribution in [0.15, 0.2) is 0 Å². The van der Waals surface area contributed by atoms with Crippen LogP contribution in [0.3, 0.4) is 0 Å². The van der Waals surface area contributed by atoms with E-state index in [9.17, 15) is 0 Å². The molecule has 0 aromatic carbocycles. The highest BCUT2D eigenvalue weighted by Crippen LogP contribution is 1.88. The topological polar surface area (TPSA) is 15.3 Å². The predicted molar refractivity (Wildman–Crippen MR) is 49.5 cm³/mol. The van der Waals surface area contributed by atoms with Crippen LogP contribution in [-0.4, -0.2) is 38.1 Å². The van der Waals surface area contributed by atoms with Crippen molar-refractivity contribution in [2.45, 2.75) is 13.3 Å². The van der Waals surface area contributed by atoms with E-state index in [2.05, 4.69) is 23.1 Å². The van der Waals surface area contributed by atoms with E-state index in [1.807, 2.05) is 7.05 Å². The van der Waals surface area contributed by atoms with E-state index in [1.165, 1.54) is 6.42 Å². The molecule has 64 valence electrons. The highest BCUT2D eigenvalue weighted by molar-refractivity contribution is 4.88. The van der Waals surface area contributed by atoms with Crippen LogP contribution in [0.4, 0.5) is 0 Å². The molecule has 0 heterocycles. The molecule has 0 fully saturated rings. The number of hydrogen-bond acceptors (Lipinski definition) is 2. The highest BCUT2D eigenvalue weighted by Gasteiger charge is 1.98. The van der Waals surface area contributed by atoms with Crippen molar-refractivity contribution in [3.05, 3.63) is 0 Å². The van der Waals surface area contributed by atoms with Crippen LogP contribution in [0.5, 0.6) is 0 Å². The average molecular weight is 154 g/mol. The van der Waals surface area contributed by atoms with E-state index in [-0.39, 0.29) is 0 Å². The van der Waals surface area contributed by atoms with Crippen LogP contribution in [0.1, 0.15) is 13.3 Å². The summed E-state index contributed by atoms with van der Waals surface area (Å²) in [4.78, 5) is 2.27. The number of nitrogens with one attached hydrogen (secondary N) is 1. The van der Waals surface area contributed by atoms with Crippen molar-refractivity contribution in [1.29, 1.82) is 0 Å². The first-order chi connectivity index (χ1) is 5.35. The summed E-state index contributed by atoms with van der Waals surface area (Å²) in [5.41, 5.74) is 0. The van der Waals surface area contributed by atoms with Crippen LogP contribution in [0.2, 0.25) is 0 Å². The number of hydrogen-bond donors (Lipinski definition) is 1. The van der Waals surface area contributed by atoms with Gasteiger partial charge in [-0.05, 0) is 20.0 Å². The van der Waals surface area contributed by atoms with E-state index in [0.717, 1.165) is 26.2 Å². The molecule has 1 N–H and O–H groups in total. The first-order valence-corrected chi connectivity index (χ1v) is 4.15. The maximum Gasteiger partial charge on any atom is 0.0599 e. The lowest BCUT2D eigenvalue weighted by molar-refractivity contribution is 0.309. The second kappa shape index (κ2) is 7.59. The summed E-state index contributed by atoms with van der Waals surface area (Å²) in [6, 6.07) is 0. The van der Waals surface area contributed by atoms with E-state index in [4.69, 9.17) is 6.42 Å². The quantitative estimate of drug-likeness (QED) is 0.562. The van der Waals surface area contributed by atoms with Crippen molar-refractivity contribution in [1.82, 2.24) is 10.2 Å². The molecule has 0 aromatic heterocycles. The molecular weight excluding hydrogens is 136 g/mol. The van der Waals surface area contributed by atoms with Gasteiger partial charge in [0.05, 0.1) is 6.54 Å². The third kappa shape index (κ3) is 5.90. The monoisotopic (exact) mass is 154 g/mol. The SMILES string of the molecule is C#CCN(CCC)CCNC. The lowest BCUT2D eigenvalue weighted by atomic mass is 10.4. The van der Waals surface area contributed by atoms with Crippen LogP contribution in [0.25, 0.3) is 0 Å².